The van der Waals surface area contributed by atoms with E-state index in [0.717, 1.165) is 30.1 Å². The van der Waals surface area contributed by atoms with E-state index in [9.17, 15) is 4.21 Å². The fraction of sp³-hybridized carbons (Fsp3) is 0.769. The Balaban J connectivity index is 1.84. The molecule has 2 rings (SSSR count). The van der Waals surface area contributed by atoms with Gasteiger partial charge in [-0.1, -0.05) is 103 Å². The smallest absolute Gasteiger partial charge is 0.173 e. The van der Waals surface area contributed by atoms with Crippen molar-refractivity contribution >= 4 is 10.8 Å². The lowest BCUT2D eigenvalue weighted by Crippen LogP contribution is -2.22. The van der Waals surface area contributed by atoms with Gasteiger partial charge in [0.2, 0.25) is 0 Å². The Hall–Kier alpha value is -0.670. The Morgan fingerprint density at radius 3 is 2.17 bits per heavy atom. The fourth-order valence-electron chi connectivity index (χ4n) is 4.21. The van der Waals surface area contributed by atoms with E-state index in [1.807, 2.05) is 12.1 Å². The molecule has 3 heteroatoms. The van der Waals surface area contributed by atoms with Gasteiger partial charge in [0.05, 0.1) is 10.8 Å². The second-order valence-corrected chi connectivity index (χ2v) is 11.1. The highest BCUT2D eigenvalue weighted by molar-refractivity contribution is 7.86. The number of benzene rings is 1. The standard InChI is InChI=1S/C26H44O2S/c1-5-6-7-8-9-10-11-14-21-26(25(28-26)16-13-12-15-22(2)3)29(27)24-19-17-23(4)18-20-24/h17-20,22,25H,5-16,21H2,1-4H3/t25-,26-,29?/m1/s1. The van der Waals surface area contributed by atoms with Crippen molar-refractivity contribution in [3.05, 3.63) is 29.8 Å². The molecule has 1 unspecified atom stereocenters. The monoisotopic (exact) mass is 420 g/mol. The molecule has 29 heavy (non-hydrogen) atoms. The molecule has 0 bridgehead atoms. The average Bonchev–Trinajstić information content (AvgIpc) is 3.41. The summed E-state index contributed by atoms with van der Waals surface area (Å²) in [5.41, 5.74) is 1.21. The number of hydrogen-bond donors (Lipinski definition) is 0. The van der Waals surface area contributed by atoms with Gasteiger partial charge in [-0.2, -0.15) is 0 Å². The van der Waals surface area contributed by atoms with Crippen LogP contribution in [0.2, 0.25) is 0 Å². The van der Waals surface area contributed by atoms with Crippen molar-refractivity contribution in [1.82, 2.24) is 0 Å². The molecule has 1 aromatic carbocycles. The molecule has 0 spiro atoms. The zero-order valence-electron chi connectivity index (χ0n) is 19.4. The Kier molecular flexibility index (Phi) is 10.9. The summed E-state index contributed by atoms with van der Waals surface area (Å²) in [7, 11) is -1.07. The first-order valence-corrected chi connectivity index (χ1v) is 13.3. The molecule has 0 radical (unpaired) electrons. The van der Waals surface area contributed by atoms with Gasteiger partial charge >= 0.3 is 0 Å². The van der Waals surface area contributed by atoms with Gasteiger partial charge < -0.3 is 4.74 Å². The zero-order valence-corrected chi connectivity index (χ0v) is 20.2. The van der Waals surface area contributed by atoms with Crippen molar-refractivity contribution in [3.8, 4) is 0 Å². The summed E-state index contributed by atoms with van der Waals surface area (Å²) >= 11 is 0. The van der Waals surface area contributed by atoms with E-state index in [1.165, 1.54) is 69.8 Å². The maximum absolute atomic E-state index is 13.4. The number of ether oxygens (including phenoxy) is 1. The van der Waals surface area contributed by atoms with Crippen LogP contribution in [0.15, 0.2) is 29.2 Å². The highest BCUT2D eigenvalue weighted by Gasteiger charge is 2.60. The molecule has 0 N–H and O–H groups in total. The van der Waals surface area contributed by atoms with Gasteiger partial charge in [-0.25, -0.2) is 0 Å². The van der Waals surface area contributed by atoms with Crippen LogP contribution in [0.4, 0.5) is 0 Å². The maximum Gasteiger partial charge on any atom is 0.173 e. The molecule has 1 saturated heterocycles. The largest absolute Gasteiger partial charge is 0.351 e. The van der Waals surface area contributed by atoms with Gasteiger partial charge in [0, 0.05) is 4.90 Å². The summed E-state index contributed by atoms with van der Waals surface area (Å²) < 4.78 is 19.6. The lowest BCUT2D eigenvalue weighted by Gasteiger charge is -2.14. The van der Waals surface area contributed by atoms with Gasteiger partial charge in [0.15, 0.2) is 4.93 Å². The summed E-state index contributed by atoms with van der Waals surface area (Å²) in [6, 6.07) is 8.19. The van der Waals surface area contributed by atoms with Crippen molar-refractivity contribution in [2.75, 3.05) is 0 Å². The Labute approximate surface area is 182 Å². The molecule has 0 saturated carbocycles. The first kappa shape index (κ1) is 24.6. The van der Waals surface area contributed by atoms with Crippen molar-refractivity contribution in [2.45, 2.75) is 127 Å². The van der Waals surface area contributed by atoms with Crippen molar-refractivity contribution < 1.29 is 8.95 Å². The summed E-state index contributed by atoms with van der Waals surface area (Å²) in [5.74, 6) is 0.763. The van der Waals surface area contributed by atoms with Gasteiger partial charge in [-0.05, 0) is 44.2 Å². The number of aryl methyl sites for hydroxylation is 1. The number of epoxide rings is 1. The highest BCUT2D eigenvalue weighted by atomic mass is 32.2. The van der Waals surface area contributed by atoms with Crippen LogP contribution in [0.3, 0.4) is 0 Å². The van der Waals surface area contributed by atoms with Crippen LogP contribution in [0.1, 0.15) is 110 Å². The van der Waals surface area contributed by atoms with Crippen molar-refractivity contribution in [3.63, 3.8) is 0 Å². The third-order valence-corrected chi connectivity index (χ3v) is 8.09. The first-order valence-electron chi connectivity index (χ1n) is 12.2. The van der Waals surface area contributed by atoms with Crippen molar-refractivity contribution in [2.24, 2.45) is 5.92 Å². The molecule has 2 nitrogen and oxygen atoms in total. The highest BCUT2D eigenvalue weighted by Crippen LogP contribution is 2.49. The van der Waals surface area contributed by atoms with Crippen LogP contribution in [-0.2, 0) is 15.5 Å². The van der Waals surface area contributed by atoms with Crippen LogP contribution >= 0.6 is 0 Å². The number of unbranched alkanes of at least 4 members (excludes halogenated alkanes) is 8. The second-order valence-electron chi connectivity index (χ2n) is 9.40. The zero-order chi connectivity index (χ0) is 21.1. The second kappa shape index (κ2) is 12.9. The van der Waals surface area contributed by atoms with Crippen LogP contribution in [0.25, 0.3) is 0 Å². The maximum atomic E-state index is 13.4. The molecule has 0 aliphatic carbocycles. The number of rotatable bonds is 16. The van der Waals surface area contributed by atoms with Crippen LogP contribution in [-0.4, -0.2) is 15.2 Å². The lowest BCUT2D eigenvalue weighted by molar-refractivity contribution is 0.327. The Morgan fingerprint density at radius 1 is 0.931 bits per heavy atom. The SMILES string of the molecule is CCCCCCCCCC[C@]1(S(=O)c2ccc(C)cc2)O[C@@H]1CCCCC(C)C. The van der Waals surface area contributed by atoms with E-state index < -0.39 is 15.7 Å². The van der Waals surface area contributed by atoms with Crippen molar-refractivity contribution in [1.29, 1.82) is 0 Å². The van der Waals surface area contributed by atoms with Crippen LogP contribution in [0.5, 0.6) is 0 Å². The molecule has 1 aromatic rings. The molecule has 1 fully saturated rings. The normalized spacial score (nSPS) is 22.2. The van der Waals surface area contributed by atoms with E-state index in [-0.39, 0.29) is 6.10 Å². The minimum absolute atomic E-state index is 0.182. The third-order valence-electron chi connectivity index (χ3n) is 6.20. The fourth-order valence-corrected chi connectivity index (χ4v) is 5.88. The predicted octanol–water partition coefficient (Wildman–Crippen LogP) is 7.94. The first-order chi connectivity index (χ1) is 14.0. The molecular weight excluding hydrogens is 376 g/mol. The predicted molar refractivity (Wildman–Crippen MR) is 126 cm³/mol. The minimum atomic E-state index is -1.07. The molecule has 0 aromatic heterocycles. The Morgan fingerprint density at radius 2 is 1.55 bits per heavy atom. The van der Waals surface area contributed by atoms with Crippen LogP contribution < -0.4 is 0 Å². The van der Waals surface area contributed by atoms with Gasteiger partial charge in [-0.3, -0.25) is 4.21 Å². The van der Waals surface area contributed by atoms with E-state index >= 15 is 0 Å². The van der Waals surface area contributed by atoms with E-state index in [2.05, 4.69) is 39.8 Å². The van der Waals surface area contributed by atoms with E-state index in [0.29, 0.717) is 0 Å². The average molecular weight is 421 g/mol. The Bertz CT molecular complexity index is 595. The molecule has 166 valence electrons. The molecular formula is C26H44O2S. The quantitative estimate of drug-likeness (QED) is 0.200. The molecule has 1 heterocycles. The minimum Gasteiger partial charge on any atom is -0.351 e. The molecule has 1 aliphatic heterocycles. The number of hydrogen-bond acceptors (Lipinski definition) is 2. The molecule has 3 atom stereocenters. The third kappa shape index (κ3) is 8.17. The van der Waals surface area contributed by atoms with Crippen LogP contribution in [0, 0.1) is 12.8 Å². The summed E-state index contributed by atoms with van der Waals surface area (Å²) in [5, 5.41) is 0. The van der Waals surface area contributed by atoms with Gasteiger partial charge in [0.25, 0.3) is 0 Å². The van der Waals surface area contributed by atoms with E-state index in [1.54, 1.807) is 0 Å². The summed E-state index contributed by atoms with van der Waals surface area (Å²) in [4.78, 5) is 0.509. The summed E-state index contributed by atoms with van der Waals surface area (Å²) in [6.07, 6.45) is 16.3. The molecule has 0 amide bonds. The van der Waals surface area contributed by atoms with Gasteiger partial charge in [-0.15, -0.1) is 0 Å². The lowest BCUT2D eigenvalue weighted by atomic mass is 10.0. The van der Waals surface area contributed by atoms with E-state index in [4.69, 9.17) is 4.74 Å². The van der Waals surface area contributed by atoms with Gasteiger partial charge in [0.1, 0.15) is 6.10 Å². The molecule has 1 aliphatic rings. The topological polar surface area (TPSA) is 29.6 Å². The summed E-state index contributed by atoms with van der Waals surface area (Å²) in [6.45, 7) is 8.91.